The first-order valence-corrected chi connectivity index (χ1v) is 7.07. The van der Waals surface area contributed by atoms with Gasteiger partial charge in [0.1, 0.15) is 0 Å². The van der Waals surface area contributed by atoms with E-state index in [1.165, 1.54) is 0 Å². The molecule has 0 saturated carbocycles. The zero-order valence-electron chi connectivity index (χ0n) is 11.2. The number of hydrogen-bond acceptors (Lipinski definition) is 3. The number of nitrogens with zero attached hydrogens (tertiary/aromatic N) is 1. The molecule has 0 radical (unpaired) electrons. The van der Waals surface area contributed by atoms with Gasteiger partial charge in [-0.05, 0) is 24.1 Å². The van der Waals surface area contributed by atoms with Crippen LogP contribution < -0.4 is 10.6 Å². The molecule has 2 rings (SSSR count). The summed E-state index contributed by atoms with van der Waals surface area (Å²) in [5, 5.41) is 6.49. The largest absolute Gasteiger partial charge is 0.347 e. The van der Waals surface area contributed by atoms with Crippen molar-refractivity contribution in [3.8, 4) is 0 Å². The average molecular weight is 296 g/mol. The molecule has 20 heavy (non-hydrogen) atoms. The third-order valence-electron chi connectivity index (χ3n) is 3.21. The minimum absolute atomic E-state index is 0.442. The lowest BCUT2D eigenvalue weighted by Crippen LogP contribution is -2.51. The number of halogens is 1. The van der Waals surface area contributed by atoms with Crippen molar-refractivity contribution in [2.75, 3.05) is 32.7 Å². The van der Waals surface area contributed by atoms with Crippen LogP contribution in [0.3, 0.4) is 0 Å². The Balaban J connectivity index is 1.74. The van der Waals surface area contributed by atoms with Crippen LogP contribution in [0, 0.1) is 0 Å². The molecule has 0 aliphatic carbocycles. The molecule has 0 aromatic heterocycles. The fourth-order valence-corrected chi connectivity index (χ4v) is 2.18. The number of carbonyl (C=O) groups is 2. The van der Waals surface area contributed by atoms with Crippen molar-refractivity contribution >= 4 is 23.4 Å². The molecule has 2 amide bonds. The topological polar surface area (TPSA) is 61.4 Å². The number of piperazine rings is 1. The Labute approximate surface area is 123 Å². The molecule has 1 saturated heterocycles. The van der Waals surface area contributed by atoms with Gasteiger partial charge in [-0.15, -0.1) is 0 Å². The lowest BCUT2D eigenvalue weighted by atomic mass is 10.1. The molecule has 6 heteroatoms. The summed E-state index contributed by atoms with van der Waals surface area (Å²) in [7, 11) is 0. The highest BCUT2D eigenvalue weighted by molar-refractivity contribution is 6.35. The molecule has 1 fully saturated rings. The normalized spacial score (nSPS) is 14.9. The molecule has 1 heterocycles. The van der Waals surface area contributed by atoms with Crippen molar-refractivity contribution in [3.05, 3.63) is 34.9 Å². The molecule has 1 aromatic carbocycles. The SMILES string of the molecule is O=C(NCCc1ccc(Cl)cc1)C(=O)N1CCNCC1. The Hall–Kier alpha value is -1.59. The van der Waals surface area contributed by atoms with Gasteiger partial charge in [-0.2, -0.15) is 0 Å². The molecule has 0 spiro atoms. The van der Waals surface area contributed by atoms with Crippen LogP contribution in [0.1, 0.15) is 5.56 Å². The third-order valence-corrected chi connectivity index (χ3v) is 3.46. The van der Waals surface area contributed by atoms with Gasteiger partial charge in [-0.25, -0.2) is 0 Å². The van der Waals surface area contributed by atoms with Gasteiger partial charge in [-0.3, -0.25) is 9.59 Å². The summed E-state index contributed by atoms with van der Waals surface area (Å²) in [6.45, 7) is 3.10. The van der Waals surface area contributed by atoms with Crippen molar-refractivity contribution in [1.29, 1.82) is 0 Å². The quantitative estimate of drug-likeness (QED) is 0.795. The molecule has 1 aromatic rings. The van der Waals surface area contributed by atoms with E-state index in [0.717, 1.165) is 18.7 Å². The standard InChI is InChI=1S/C14H18ClN3O2/c15-12-3-1-11(2-4-12)5-6-17-13(19)14(20)18-9-7-16-8-10-18/h1-4,16H,5-10H2,(H,17,19). The molecule has 108 valence electrons. The van der Waals surface area contributed by atoms with Crippen LogP contribution in [0.4, 0.5) is 0 Å². The maximum absolute atomic E-state index is 11.9. The third kappa shape index (κ3) is 4.21. The highest BCUT2D eigenvalue weighted by Crippen LogP contribution is 2.09. The maximum Gasteiger partial charge on any atom is 0.311 e. The van der Waals surface area contributed by atoms with Gasteiger partial charge in [0.05, 0.1) is 0 Å². The minimum Gasteiger partial charge on any atom is -0.347 e. The minimum atomic E-state index is -0.527. The van der Waals surface area contributed by atoms with E-state index in [1.54, 1.807) is 4.90 Å². The first-order valence-electron chi connectivity index (χ1n) is 6.69. The van der Waals surface area contributed by atoms with E-state index >= 15 is 0 Å². The molecule has 2 N–H and O–H groups in total. The average Bonchev–Trinajstić information content (AvgIpc) is 2.49. The van der Waals surface area contributed by atoms with Crippen LogP contribution in [0.25, 0.3) is 0 Å². The molecule has 0 bridgehead atoms. The van der Waals surface area contributed by atoms with Gasteiger partial charge in [-0.1, -0.05) is 23.7 Å². The first-order chi connectivity index (χ1) is 9.66. The van der Waals surface area contributed by atoms with Crippen molar-refractivity contribution in [3.63, 3.8) is 0 Å². The highest BCUT2D eigenvalue weighted by atomic mass is 35.5. The van der Waals surface area contributed by atoms with Gasteiger partial charge in [0.15, 0.2) is 0 Å². The zero-order valence-corrected chi connectivity index (χ0v) is 11.9. The zero-order chi connectivity index (χ0) is 14.4. The van der Waals surface area contributed by atoms with Crippen molar-refractivity contribution in [2.24, 2.45) is 0 Å². The Morgan fingerprint density at radius 3 is 2.50 bits per heavy atom. The molecule has 0 unspecified atom stereocenters. The second-order valence-corrected chi connectivity index (χ2v) is 5.11. The number of nitrogens with one attached hydrogen (secondary N) is 2. The number of rotatable bonds is 3. The van der Waals surface area contributed by atoms with E-state index in [9.17, 15) is 9.59 Å². The van der Waals surface area contributed by atoms with Crippen LogP contribution in [0.2, 0.25) is 5.02 Å². The van der Waals surface area contributed by atoms with Crippen molar-refractivity contribution < 1.29 is 9.59 Å². The van der Waals surface area contributed by atoms with Crippen LogP contribution in [-0.4, -0.2) is 49.4 Å². The van der Waals surface area contributed by atoms with Crippen LogP contribution in [0.5, 0.6) is 0 Å². The monoisotopic (exact) mass is 295 g/mol. The summed E-state index contributed by atoms with van der Waals surface area (Å²) in [5.41, 5.74) is 1.07. The Kier molecular flexibility index (Phi) is 5.38. The first kappa shape index (κ1) is 14.8. The van der Waals surface area contributed by atoms with E-state index in [2.05, 4.69) is 10.6 Å². The van der Waals surface area contributed by atoms with E-state index < -0.39 is 11.8 Å². The molecule has 1 aliphatic heterocycles. The molecular formula is C14H18ClN3O2. The number of hydrogen-bond donors (Lipinski definition) is 2. The summed E-state index contributed by atoms with van der Waals surface area (Å²) < 4.78 is 0. The number of carbonyl (C=O) groups excluding carboxylic acids is 2. The van der Waals surface area contributed by atoms with Gasteiger partial charge < -0.3 is 15.5 Å². The van der Waals surface area contributed by atoms with Gasteiger partial charge in [0.25, 0.3) is 0 Å². The van der Waals surface area contributed by atoms with Gasteiger partial charge >= 0.3 is 11.8 Å². The number of benzene rings is 1. The van der Waals surface area contributed by atoms with E-state index in [0.29, 0.717) is 31.1 Å². The van der Waals surface area contributed by atoms with E-state index in [-0.39, 0.29) is 0 Å². The Morgan fingerprint density at radius 1 is 1.20 bits per heavy atom. The fraction of sp³-hybridized carbons (Fsp3) is 0.429. The van der Waals surface area contributed by atoms with Gasteiger partial charge in [0.2, 0.25) is 0 Å². The lowest BCUT2D eigenvalue weighted by Gasteiger charge is -2.26. The predicted octanol–water partition coefficient (Wildman–Crippen LogP) is 0.430. The molecule has 5 nitrogen and oxygen atoms in total. The molecule has 0 atom stereocenters. The second kappa shape index (κ2) is 7.26. The maximum atomic E-state index is 11.9. The van der Waals surface area contributed by atoms with Gasteiger partial charge in [0, 0.05) is 37.7 Å². The molecular weight excluding hydrogens is 278 g/mol. The fourth-order valence-electron chi connectivity index (χ4n) is 2.06. The van der Waals surface area contributed by atoms with Crippen molar-refractivity contribution in [1.82, 2.24) is 15.5 Å². The Bertz CT molecular complexity index is 470. The van der Waals surface area contributed by atoms with Crippen LogP contribution in [0.15, 0.2) is 24.3 Å². The number of amides is 2. The Morgan fingerprint density at radius 2 is 1.85 bits per heavy atom. The van der Waals surface area contributed by atoms with E-state index in [1.807, 2.05) is 24.3 Å². The highest BCUT2D eigenvalue weighted by Gasteiger charge is 2.22. The summed E-state index contributed by atoms with van der Waals surface area (Å²) in [6.07, 6.45) is 0.678. The summed E-state index contributed by atoms with van der Waals surface area (Å²) >= 11 is 5.80. The predicted molar refractivity (Wildman–Crippen MR) is 77.6 cm³/mol. The summed E-state index contributed by atoms with van der Waals surface area (Å²) in [6, 6.07) is 7.44. The second-order valence-electron chi connectivity index (χ2n) is 4.67. The van der Waals surface area contributed by atoms with Crippen molar-refractivity contribution in [2.45, 2.75) is 6.42 Å². The lowest BCUT2D eigenvalue weighted by molar-refractivity contribution is -0.146. The smallest absolute Gasteiger partial charge is 0.311 e. The summed E-state index contributed by atoms with van der Waals surface area (Å²) in [5.74, 6) is -0.969. The van der Waals surface area contributed by atoms with Crippen LogP contribution in [-0.2, 0) is 16.0 Å². The van der Waals surface area contributed by atoms with Crippen LogP contribution >= 0.6 is 11.6 Å². The molecule has 1 aliphatic rings. The van der Waals surface area contributed by atoms with E-state index in [4.69, 9.17) is 11.6 Å². The summed E-state index contributed by atoms with van der Waals surface area (Å²) in [4.78, 5) is 25.2.